The molecule has 1 atom stereocenters. The number of aliphatic hydroxyl groups is 1. The molecule has 0 bridgehead atoms. The molecule has 0 fully saturated rings. The van der Waals surface area contributed by atoms with E-state index in [0.29, 0.717) is 29.1 Å². The first-order valence-electron chi connectivity index (χ1n) is 14.6. The molecule has 0 saturated heterocycles. The number of aromatic hydroxyl groups is 1. The van der Waals surface area contributed by atoms with Crippen LogP contribution in [0.5, 0.6) is 5.06 Å². The zero-order chi connectivity index (χ0) is 32.7. The number of sulfonamides is 1. The number of benzene rings is 3. The molecule has 0 saturated carbocycles. The Morgan fingerprint density at radius 3 is 2.50 bits per heavy atom. The fourth-order valence-corrected chi connectivity index (χ4v) is 6.28. The lowest BCUT2D eigenvalue weighted by Crippen LogP contribution is -2.42. The van der Waals surface area contributed by atoms with Gasteiger partial charge in [0.15, 0.2) is 5.06 Å². The first-order valence-corrected chi connectivity index (χ1v) is 16.9. The van der Waals surface area contributed by atoms with Crippen LogP contribution in [0.25, 0.3) is 11.3 Å². The number of nitrogens with one attached hydrogen (secondary N) is 3. The number of carbonyl (C=O) groups is 1. The van der Waals surface area contributed by atoms with E-state index < -0.39 is 16.1 Å². The van der Waals surface area contributed by atoms with Crippen LogP contribution in [0.2, 0.25) is 0 Å². The standard InChI is InChI=1S/C33H36N6O5S2/c1-33(2,36-20-30(40)25-7-6-8-26(17-25)38-46(43,44)28-9-4-3-5-10-28)15-16-39-21-29(35-22-39)23-11-13-24(14-12-23)32(42)34-19-27-18-31(41)45-37-27/h3-14,17-18,21-22,30,36,38,40-41H,15-16,19-20H2,1-2H3,(H,34,42)/t30-/m0/s1. The Labute approximate surface area is 272 Å². The van der Waals surface area contributed by atoms with Crippen molar-refractivity contribution in [2.75, 3.05) is 11.3 Å². The maximum atomic E-state index is 12.7. The predicted octanol–water partition coefficient (Wildman–Crippen LogP) is 4.93. The summed E-state index contributed by atoms with van der Waals surface area (Å²) in [4.78, 5) is 17.2. The molecule has 13 heteroatoms. The molecule has 5 aromatic rings. The van der Waals surface area contributed by atoms with Gasteiger partial charge in [0, 0.05) is 59.2 Å². The van der Waals surface area contributed by atoms with Crippen LogP contribution in [-0.2, 0) is 23.1 Å². The lowest BCUT2D eigenvalue weighted by Gasteiger charge is -2.28. The van der Waals surface area contributed by atoms with Crippen molar-refractivity contribution in [1.82, 2.24) is 24.6 Å². The minimum atomic E-state index is -3.74. The summed E-state index contributed by atoms with van der Waals surface area (Å²) in [6, 6.07) is 23.6. The molecule has 11 nitrogen and oxygen atoms in total. The number of aliphatic hydroxyl groups excluding tert-OH is 1. The molecule has 0 aliphatic rings. The Balaban J connectivity index is 1.10. The van der Waals surface area contributed by atoms with Crippen molar-refractivity contribution in [1.29, 1.82) is 0 Å². The average Bonchev–Trinajstić information content (AvgIpc) is 3.71. The highest BCUT2D eigenvalue weighted by Gasteiger charge is 2.20. The minimum absolute atomic E-state index is 0.110. The maximum absolute atomic E-state index is 12.7. The predicted molar refractivity (Wildman–Crippen MR) is 178 cm³/mol. The Kier molecular flexibility index (Phi) is 10.2. The molecule has 240 valence electrons. The zero-order valence-corrected chi connectivity index (χ0v) is 27.1. The van der Waals surface area contributed by atoms with E-state index in [4.69, 9.17) is 0 Å². The van der Waals surface area contributed by atoms with Crippen LogP contribution in [0.4, 0.5) is 5.69 Å². The highest BCUT2D eigenvalue weighted by Crippen LogP contribution is 2.23. The summed E-state index contributed by atoms with van der Waals surface area (Å²) >= 11 is 0.976. The molecule has 46 heavy (non-hydrogen) atoms. The third-order valence-corrected chi connectivity index (χ3v) is 9.43. The molecule has 0 unspecified atom stereocenters. The van der Waals surface area contributed by atoms with Gasteiger partial charge >= 0.3 is 0 Å². The SMILES string of the molecule is CC(C)(CCn1cnc(-c2ccc(C(=O)NCc3cc(O)sn3)cc2)c1)NC[C@H](O)c1cccc(NS(=O)(=O)c2ccccc2)c1. The van der Waals surface area contributed by atoms with Gasteiger partial charge in [-0.05, 0) is 62.2 Å². The van der Waals surface area contributed by atoms with E-state index in [9.17, 15) is 23.4 Å². The normalized spacial score (nSPS) is 12.5. The van der Waals surface area contributed by atoms with E-state index in [1.54, 1.807) is 60.9 Å². The van der Waals surface area contributed by atoms with Crippen molar-refractivity contribution >= 4 is 33.2 Å². The first kappa shape index (κ1) is 32.8. The van der Waals surface area contributed by atoms with Crippen molar-refractivity contribution in [2.24, 2.45) is 0 Å². The van der Waals surface area contributed by atoms with Gasteiger partial charge in [-0.25, -0.2) is 13.4 Å². The number of β-amino-alcohol motifs (C(OH)–C–C–N with tert-alkyl or cyclic N) is 1. The number of imidazole rings is 1. The quantitative estimate of drug-likeness (QED) is 0.112. The second kappa shape index (κ2) is 14.3. The lowest BCUT2D eigenvalue weighted by atomic mass is 9.99. The Morgan fingerprint density at radius 1 is 1.02 bits per heavy atom. The number of anilines is 1. The summed E-state index contributed by atoms with van der Waals surface area (Å²) < 4.78 is 34.0. The Hall–Kier alpha value is -4.56. The molecular weight excluding hydrogens is 625 g/mol. The molecule has 0 aliphatic carbocycles. The molecule has 5 rings (SSSR count). The lowest BCUT2D eigenvalue weighted by molar-refractivity contribution is 0.0950. The molecule has 2 heterocycles. The van der Waals surface area contributed by atoms with E-state index in [2.05, 4.69) is 38.6 Å². The van der Waals surface area contributed by atoms with Gasteiger partial charge in [0.1, 0.15) is 0 Å². The minimum Gasteiger partial charge on any atom is -0.498 e. The highest BCUT2D eigenvalue weighted by atomic mass is 32.2. The van der Waals surface area contributed by atoms with Gasteiger partial charge < -0.3 is 25.4 Å². The van der Waals surface area contributed by atoms with Crippen molar-refractivity contribution in [3.05, 3.63) is 114 Å². The third kappa shape index (κ3) is 8.79. The largest absolute Gasteiger partial charge is 0.498 e. The molecule has 0 spiro atoms. The number of carbonyl (C=O) groups excluding carboxylic acids is 1. The van der Waals surface area contributed by atoms with Gasteiger partial charge in [0.2, 0.25) is 0 Å². The Bertz CT molecular complexity index is 1870. The van der Waals surface area contributed by atoms with E-state index in [1.165, 1.54) is 18.2 Å². The van der Waals surface area contributed by atoms with Crippen molar-refractivity contribution < 1.29 is 23.4 Å². The van der Waals surface area contributed by atoms with Gasteiger partial charge in [-0.1, -0.05) is 42.5 Å². The molecule has 2 aromatic heterocycles. The van der Waals surface area contributed by atoms with E-state index in [-0.39, 0.29) is 34.5 Å². The van der Waals surface area contributed by atoms with Crippen LogP contribution in [-0.4, -0.2) is 50.5 Å². The summed E-state index contributed by atoms with van der Waals surface area (Å²) in [5, 5.41) is 26.6. The summed E-state index contributed by atoms with van der Waals surface area (Å²) in [6.45, 7) is 5.32. The smallest absolute Gasteiger partial charge is 0.261 e. The van der Waals surface area contributed by atoms with E-state index >= 15 is 0 Å². The number of hydrogen-bond donors (Lipinski definition) is 5. The number of nitrogens with zero attached hydrogens (tertiary/aromatic N) is 3. The van der Waals surface area contributed by atoms with Gasteiger partial charge in [-0.2, -0.15) is 4.37 Å². The number of aromatic nitrogens is 3. The van der Waals surface area contributed by atoms with Crippen LogP contribution in [0.3, 0.4) is 0 Å². The van der Waals surface area contributed by atoms with Gasteiger partial charge in [-0.3, -0.25) is 9.52 Å². The summed E-state index contributed by atoms with van der Waals surface area (Å²) in [7, 11) is -3.74. The topological polar surface area (TPSA) is 158 Å². The molecule has 0 aliphatic heterocycles. The second-order valence-electron chi connectivity index (χ2n) is 11.5. The summed E-state index contributed by atoms with van der Waals surface area (Å²) in [5.74, 6) is -0.232. The van der Waals surface area contributed by atoms with Crippen LogP contribution >= 0.6 is 11.5 Å². The van der Waals surface area contributed by atoms with Gasteiger partial charge in [0.05, 0.1) is 35.3 Å². The summed E-state index contributed by atoms with van der Waals surface area (Å²) in [5.41, 5.74) is 3.44. The molecule has 3 aromatic carbocycles. The highest BCUT2D eigenvalue weighted by molar-refractivity contribution is 7.92. The maximum Gasteiger partial charge on any atom is 0.261 e. The second-order valence-corrected chi connectivity index (χ2v) is 14.0. The van der Waals surface area contributed by atoms with Gasteiger partial charge in [0.25, 0.3) is 15.9 Å². The Morgan fingerprint density at radius 2 is 1.78 bits per heavy atom. The number of rotatable bonds is 14. The summed E-state index contributed by atoms with van der Waals surface area (Å²) in [6.07, 6.45) is 3.64. The van der Waals surface area contributed by atoms with Crippen LogP contribution in [0.1, 0.15) is 48.0 Å². The number of amides is 1. The average molecular weight is 661 g/mol. The van der Waals surface area contributed by atoms with E-state index in [0.717, 1.165) is 29.2 Å². The zero-order valence-electron chi connectivity index (χ0n) is 25.4. The van der Waals surface area contributed by atoms with E-state index in [1.807, 2.05) is 22.9 Å². The third-order valence-electron chi connectivity index (χ3n) is 7.40. The number of aryl methyl sites for hydroxylation is 1. The van der Waals surface area contributed by atoms with Crippen LogP contribution < -0.4 is 15.4 Å². The van der Waals surface area contributed by atoms with Crippen molar-refractivity contribution in [2.45, 2.75) is 49.9 Å². The number of hydrogen-bond acceptors (Lipinski definition) is 9. The fourth-order valence-electron chi connectivity index (χ4n) is 4.69. The fraction of sp³-hybridized carbons (Fsp3) is 0.242. The van der Waals surface area contributed by atoms with Crippen LogP contribution in [0, 0.1) is 0 Å². The first-order chi connectivity index (χ1) is 22.0. The molecular formula is C33H36N6O5S2. The van der Waals surface area contributed by atoms with Gasteiger partial charge in [-0.15, -0.1) is 0 Å². The monoisotopic (exact) mass is 660 g/mol. The van der Waals surface area contributed by atoms with Crippen LogP contribution in [0.15, 0.2) is 102 Å². The molecule has 5 N–H and O–H groups in total. The van der Waals surface area contributed by atoms with Crippen molar-refractivity contribution in [3.63, 3.8) is 0 Å². The molecule has 0 radical (unpaired) electrons. The molecule has 1 amide bonds. The van der Waals surface area contributed by atoms with Crippen molar-refractivity contribution in [3.8, 4) is 16.3 Å².